The number of nitrogens with one attached hydrogen (secondary N) is 2. The first-order valence-corrected chi connectivity index (χ1v) is 5.07. The zero-order chi connectivity index (χ0) is 13.6. The van der Waals surface area contributed by atoms with Gasteiger partial charge >= 0.3 is 12.1 Å². The van der Waals surface area contributed by atoms with Gasteiger partial charge in [0.15, 0.2) is 5.78 Å². The van der Waals surface area contributed by atoms with Crippen molar-refractivity contribution in [1.29, 1.82) is 0 Å². The van der Waals surface area contributed by atoms with Crippen molar-refractivity contribution in [3.8, 4) is 0 Å². The fourth-order valence-electron chi connectivity index (χ4n) is 0.911. The van der Waals surface area contributed by atoms with Gasteiger partial charge in [-0.15, -0.1) is 0 Å². The second kappa shape index (κ2) is 6.19. The topological polar surface area (TPSA) is 105 Å². The molecule has 0 aliphatic carbocycles. The van der Waals surface area contributed by atoms with Gasteiger partial charge in [0.1, 0.15) is 11.8 Å². The lowest BCUT2D eigenvalue weighted by Crippen LogP contribution is -2.52. The number of hydrogen-bond donors (Lipinski definition) is 3. The normalized spacial score (nSPS) is 12.7. The fraction of sp³-hybridized carbons (Fsp3) is 0.700. The minimum absolute atomic E-state index is 0.405. The highest BCUT2D eigenvalue weighted by molar-refractivity contribution is 5.85. The summed E-state index contributed by atoms with van der Waals surface area (Å²) >= 11 is 0. The summed E-state index contributed by atoms with van der Waals surface area (Å²) in [6.45, 7) is 5.84. The minimum atomic E-state index is -1.12. The van der Waals surface area contributed by atoms with E-state index in [1.807, 2.05) is 0 Å². The lowest BCUT2D eigenvalue weighted by molar-refractivity contribution is -0.136. The van der Waals surface area contributed by atoms with E-state index in [1.54, 1.807) is 20.8 Å². The lowest BCUT2D eigenvalue weighted by Gasteiger charge is -2.22. The number of carbonyl (C=O) groups excluding carboxylic acids is 2. The average Bonchev–Trinajstić information content (AvgIpc) is 2.08. The molecule has 0 rings (SSSR count). The molecule has 0 spiro atoms. The predicted molar refractivity (Wildman–Crippen MR) is 59.5 cm³/mol. The Hall–Kier alpha value is -1.63. The van der Waals surface area contributed by atoms with E-state index in [0.29, 0.717) is 0 Å². The van der Waals surface area contributed by atoms with E-state index in [2.05, 4.69) is 10.6 Å². The monoisotopic (exact) mass is 246 g/mol. The minimum Gasteiger partial charge on any atom is -0.480 e. The molecule has 1 atom stereocenters. The van der Waals surface area contributed by atoms with Crippen LogP contribution in [0, 0.1) is 0 Å². The number of amides is 1. The Morgan fingerprint density at radius 2 is 1.82 bits per heavy atom. The molecule has 0 radical (unpaired) electrons. The number of Topliss-reactive ketones (excluding diaryl/α,β-unsaturated/α-hetero) is 1. The average molecular weight is 246 g/mol. The second-order valence-electron chi connectivity index (χ2n) is 4.46. The molecule has 0 heterocycles. The van der Waals surface area contributed by atoms with Crippen molar-refractivity contribution < 1.29 is 24.2 Å². The van der Waals surface area contributed by atoms with Crippen molar-refractivity contribution in [3.05, 3.63) is 0 Å². The van der Waals surface area contributed by atoms with Crippen molar-refractivity contribution in [1.82, 2.24) is 10.6 Å². The van der Waals surface area contributed by atoms with E-state index in [-0.39, 0.29) is 0 Å². The van der Waals surface area contributed by atoms with E-state index >= 15 is 0 Å². The molecule has 7 nitrogen and oxygen atoms in total. The third-order valence-corrected chi connectivity index (χ3v) is 1.53. The fourth-order valence-corrected chi connectivity index (χ4v) is 0.911. The van der Waals surface area contributed by atoms with Gasteiger partial charge in [0.25, 0.3) is 0 Å². The third kappa shape index (κ3) is 8.21. The summed E-state index contributed by atoms with van der Waals surface area (Å²) in [5.74, 6) is -1.53. The van der Waals surface area contributed by atoms with E-state index in [0.717, 1.165) is 0 Å². The molecule has 0 saturated heterocycles. The molecule has 0 fully saturated rings. The highest BCUT2D eigenvalue weighted by Gasteiger charge is 2.21. The van der Waals surface area contributed by atoms with Crippen molar-refractivity contribution in [3.63, 3.8) is 0 Å². The van der Waals surface area contributed by atoms with Gasteiger partial charge in [-0.2, -0.15) is 0 Å². The first-order chi connectivity index (χ1) is 7.61. The Morgan fingerprint density at radius 1 is 1.29 bits per heavy atom. The third-order valence-electron chi connectivity index (χ3n) is 1.53. The summed E-state index contributed by atoms with van der Waals surface area (Å²) in [5, 5.41) is 13.1. The van der Waals surface area contributed by atoms with E-state index < -0.39 is 36.2 Å². The number of carboxylic acids is 1. The molecule has 0 aromatic rings. The van der Waals surface area contributed by atoms with Crippen molar-refractivity contribution in [2.24, 2.45) is 0 Å². The van der Waals surface area contributed by atoms with Crippen molar-refractivity contribution >= 4 is 17.8 Å². The Bertz CT molecular complexity index is 308. The molecule has 98 valence electrons. The molecule has 1 unspecified atom stereocenters. The summed E-state index contributed by atoms with van der Waals surface area (Å²) in [5.41, 5.74) is -0.682. The lowest BCUT2D eigenvalue weighted by atomic mass is 10.2. The molecular weight excluding hydrogens is 228 g/mol. The number of hydrogen-bond acceptors (Lipinski definition) is 5. The van der Waals surface area contributed by atoms with Crippen LogP contribution in [0.4, 0.5) is 4.79 Å². The van der Waals surface area contributed by atoms with Crippen molar-refractivity contribution in [2.75, 3.05) is 6.54 Å². The molecule has 7 heteroatoms. The van der Waals surface area contributed by atoms with Crippen LogP contribution in [0.3, 0.4) is 0 Å². The van der Waals surface area contributed by atoms with Crippen LogP contribution in [0.5, 0.6) is 0 Å². The van der Waals surface area contributed by atoms with Gasteiger partial charge in [-0.1, -0.05) is 0 Å². The summed E-state index contributed by atoms with van der Waals surface area (Å²) in [6, 6.07) is 0. The van der Waals surface area contributed by atoms with Gasteiger partial charge in [0.2, 0.25) is 0 Å². The van der Waals surface area contributed by atoms with E-state index in [4.69, 9.17) is 9.84 Å². The molecular formula is C10H18N2O5. The second-order valence-corrected chi connectivity index (χ2v) is 4.46. The van der Waals surface area contributed by atoms with Gasteiger partial charge in [0.05, 0.1) is 6.54 Å². The van der Waals surface area contributed by atoms with E-state index in [1.165, 1.54) is 6.92 Å². The maximum Gasteiger partial charge on any atom is 0.409 e. The number of carbonyl (C=O) groups is 3. The summed E-state index contributed by atoms with van der Waals surface area (Å²) in [7, 11) is 0. The number of alkyl carbamates (subject to hydrolysis) is 1. The van der Waals surface area contributed by atoms with Gasteiger partial charge in [-0.05, 0) is 27.7 Å². The van der Waals surface area contributed by atoms with Crippen LogP contribution in [0.25, 0.3) is 0 Å². The van der Waals surface area contributed by atoms with Crippen molar-refractivity contribution in [2.45, 2.75) is 39.5 Å². The van der Waals surface area contributed by atoms with Gasteiger partial charge in [-0.25, -0.2) is 4.79 Å². The molecule has 1 amide bonds. The maximum atomic E-state index is 11.3. The zero-order valence-electron chi connectivity index (χ0n) is 10.4. The summed E-state index contributed by atoms with van der Waals surface area (Å²) in [6.07, 6.45) is -1.85. The number of ketones is 1. The van der Waals surface area contributed by atoms with Gasteiger partial charge in [-0.3, -0.25) is 20.2 Å². The van der Waals surface area contributed by atoms with Crippen LogP contribution in [0.15, 0.2) is 0 Å². The van der Waals surface area contributed by atoms with Crippen LogP contribution >= 0.6 is 0 Å². The number of carboxylic acid groups (broad SMARTS) is 1. The Kier molecular flexibility index (Phi) is 5.60. The van der Waals surface area contributed by atoms with Gasteiger partial charge in [0, 0.05) is 0 Å². The molecule has 0 aliphatic rings. The molecule has 0 aliphatic heterocycles. The number of rotatable bonds is 5. The smallest absolute Gasteiger partial charge is 0.409 e. The Balaban J connectivity index is 4.30. The first-order valence-electron chi connectivity index (χ1n) is 5.07. The van der Waals surface area contributed by atoms with Crippen LogP contribution < -0.4 is 10.6 Å². The highest BCUT2D eigenvalue weighted by atomic mass is 16.6. The standard InChI is InChI=1S/C10H18N2O5/c1-6(13)8(11-5-7(14)15)12-9(16)17-10(2,3)4/h8,11H,5H2,1-4H3,(H,12,16)(H,14,15). The molecule has 0 aromatic carbocycles. The SMILES string of the molecule is CC(=O)C(NCC(=O)O)NC(=O)OC(C)(C)C. The van der Waals surface area contributed by atoms with Crippen LogP contribution in [-0.4, -0.2) is 41.3 Å². The first kappa shape index (κ1) is 15.4. The number of aliphatic carboxylic acids is 1. The van der Waals surface area contributed by atoms with Gasteiger partial charge < -0.3 is 9.84 Å². The Labute approximate surface area is 99.5 Å². The van der Waals surface area contributed by atoms with Crippen LogP contribution in [0.1, 0.15) is 27.7 Å². The molecule has 0 saturated carbocycles. The quantitative estimate of drug-likeness (QED) is 0.594. The molecule has 0 aromatic heterocycles. The van der Waals surface area contributed by atoms with Crippen LogP contribution in [-0.2, 0) is 14.3 Å². The van der Waals surface area contributed by atoms with Crippen LogP contribution in [0.2, 0.25) is 0 Å². The largest absolute Gasteiger partial charge is 0.480 e. The predicted octanol–water partition coefficient (Wildman–Crippen LogP) is 0.100. The maximum absolute atomic E-state index is 11.3. The summed E-state index contributed by atoms with van der Waals surface area (Å²) in [4.78, 5) is 32.8. The summed E-state index contributed by atoms with van der Waals surface area (Å²) < 4.78 is 4.94. The number of ether oxygens (including phenoxy) is 1. The highest BCUT2D eigenvalue weighted by Crippen LogP contribution is 2.06. The van der Waals surface area contributed by atoms with E-state index in [9.17, 15) is 14.4 Å². The Morgan fingerprint density at radius 3 is 2.18 bits per heavy atom. The molecule has 3 N–H and O–H groups in total. The molecule has 0 bridgehead atoms. The molecule has 17 heavy (non-hydrogen) atoms. The zero-order valence-corrected chi connectivity index (χ0v) is 10.4.